The molecule has 0 aromatic heterocycles. The van der Waals surface area contributed by atoms with Gasteiger partial charge in [-0.15, -0.1) is 0 Å². The van der Waals surface area contributed by atoms with Crippen molar-refractivity contribution < 1.29 is 4.74 Å². The van der Waals surface area contributed by atoms with Gasteiger partial charge in [0.2, 0.25) is 0 Å². The van der Waals surface area contributed by atoms with Crippen LogP contribution in [0.4, 0.5) is 11.4 Å². The van der Waals surface area contributed by atoms with Gasteiger partial charge in [0.1, 0.15) is 11.5 Å². The molecule has 0 N–H and O–H groups in total. The van der Waals surface area contributed by atoms with E-state index in [1.54, 1.807) is 0 Å². The smallest absolute Gasteiger partial charge is 0.135 e. The number of hydrogen-bond acceptors (Lipinski definition) is 2. The van der Waals surface area contributed by atoms with E-state index in [9.17, 15) is 0 Å². The maximum Gasteiger partial charge on any atom is 0.135 e. The summed E-state index contributed by atoms with van der Waals surface area (Å²) in [6.45, 7) is 0. The fourth-order valence-corrected chi connectivity index (χ4v) is 7.78. The molecule has 46 heavy (non-hydrogen) atoms. The summed E-state index contributed by atoms with van der Waals surface area (Å²) in [5.41, 5.74) is 12.5. The number of benzene rings is 7. The number of allylic oxidation sites excluding steroid dienone is 2. The fraction of sp³-hybridized carbons (Fsp3) is 0.0455. The molecule has 0 radical (unpaired) electrons. The molecule has 1 aliphatic carbocycles. The number of nitrogens with zero attached hydrogens (tertiary/aromatic N) is 1. The first-order valence-electron chi connectivity index (χ1n) is 16.0. The van der Waals surface area contributed by atoms with Crippen molar-refractivity contribution in [3.05, 3.63) is 163 Å². The Bertz CT molecular complexity index is 2420. The molecule has 0 amide bonds. The van der Waals surface area contributed by atoms with Crippen molar-refractivity contribution in [1.82, 2.24) is 0 Å². The molecule has 216 valence electrons. The molecule has 2 heterocycles. The van der Waals surface area contributed by atoms with Crippen molar-refractivity contribution in [2.45, 2.75) is 12.5 Å². The Morgan fingerprint density at radius 2 is 1.35 bits per heavy atom. The molecule has 0 saturated carbocycles. The molecule has 0 bridgehead atoms. The van der Waals surface area contributed by atoms with Crippen LogP contribution in [0.15, 0.2) is 158 Å². The number of anilines is 2. The summed E-state index contributed by atoms with van der Waals surface area (Å²) in [4.78, 5) is 2.52. The largest absolute Gasteiger partial charge is 0.456 e. The van der Waals surface area contributed by atoms with E-state index in [4.69, 9.17) is 4.74 Å². The molecule has 0 fully saturated rings. The second kappa shape index (κ2) is 9.82. The lowest BCUT2D eigenvalue weighted by atomic mass is 9.90. The Hall–Kier alpha value is -5.86. The molecular weight excluding hydrogens is 558 g/mol. The minimum Gasteiger partial charge on any atom is -0.456 e. The number of rotatable bonds is 3. The Kier molecular flexibility index (Phi) is 5.44. The van der Waals surface area contributed by atoms with Crippen LogP contribution in [0, 0.1) is 0 Å². The van der Waals surface area contributed by atoms with Gasteiger partial charge in [0, 0.05) is 27.9 Å². The third-order valence-electron chi connectivity index (χ3n) is 9.93. The molecule has 0 saturated heterocycles. The molecule has 2 heteroatoms. The zero-order valence-electron chi connectivity index (χ0n) is 25.2. The molecule has 0 spiro atoms. The number of hydrogen-bond donors (Lipinski definition) is 0. The third-order valence-corrected chi connectivity index (χ3v) is 9.93. The van der Waals surface area contributed by atoms with E-state index in [0.29, 0.717) is 6.04 Å². The molecule has 7 aromatic carbocycles. The average Bonchev–Trinajstić information content (AvgIpc) is 3.44. The van der Waals surface area contributed by atoms with E-state index < -0.39 is 0 Å². The highest BCUT2D eigenvalue weighted by molar-refractivity contribution is 6.10. The first-order valence-corrected chi connectivity index (χ1v) is 16.0. The van der Waals surface area contributed by atoms with Gasteiger partial charge < -0.3 is 9.64 Å². The standard InChI is InChI=1S/C44H29NO/c1-2-9-33(10-3-1)45-40-15-6-4-11-35(40)39-26-32-25-30(21-22-31(32)27-41(39)45)28-17-19-29(20-18-28)34-23-24-43-44-37(34)13-8-14-38(44)36-12-5-7-16-42(36)46-43/h1-14,16-27,40H,15H2. The van der Waals surface area contributed by atoms with E-state index in [1.165, 1.54) is 71.9 Å². The summed E-state index contributed by atoms with van der Waals surface area (Å²) in [6, 6.07) is 51.0. The first kappa shape index (κ1) is 25.5. The van der Waals surface area contributed by atoms with Crippen LogP contribution in [0.3, 0.4) is 0 Å². The zero-order valence-corrected chi connectivity index (χ0v) is 25.2. The molecule has 7 aromatic rings. The van der Waals surface area contributed by atoms with Gasteiger partial charge in [-0.1, -0.05) is 115 Å². The highest BCUT2D eigenvalue weighted by Gasteiger charge is 2.35. The van der Waals surface area contributed by atoms with E-state index in [0.717, 1.165) is 23.5 Å². The number of fused-ring (bicyclic) bond motifs is 6. The first-order chi connectivity index (χ1) is 22.8. The Balaban J connectivity index is 1.03. The van der Waals surface area contributed by atoms with Crippen LogP contribution in [0.5, 0.6) is 11.5 Å². The highest BCUT2D eigenvalue weighted by Crippen LogP contribution is 2.50. The van der Waals surface area contributed by atoms with Crippen molar-refractivity contribution in [2.24, 2.45) is 0 Å². The third kappa shape index (κ3) is 3.77. The summed E-state index contributed by atoms with van der Waals surface area (Å²) in [7, 11) is 0. The van der Waals surface area contributed by atoms with Gasteiger partial charge in [-0.05, 0) is 98.4 Å². The molecule has 2 aliphatic heterocycles. The lowest BCUT2D eigenvalue weighted by Gasteiger charge is -2.28. The summed E-state index contributed by atoms with van der Waals surface area (Å²) in [5, 5.41) is 4.93. The van der Waals surface area contributed by atoms with Crippen molar-refractivity contribution in [3.63, 3.8) is 0 Å². The zero-order chi connectivity index (χ0) is 30.2. The second-order valence-corrected chi connectivity index (χ2v) is 12.5. The predicted octanol–water partition coefficient (Wildman–Crippen LogP) is 12.0. The summed E-state index contributed by atoms with van der Waals surface area (Å²) in [6.07, 6.45) is 7.82. The lowest BCUT2D eigenvalue weighted by Crippen LogP contribution is -2.26. The SMILES string of the molecule is C1=CCC2C(=C1)c1cc3cc(-c4ccc(-c5ccc6c7c(cccc57)-c5ccccc5O6)cc4)ccc3cc1N2c1ccccc1. The Morgan fingerprint density at radius 1 is 0.543 bits per heavy atom. The van der Waals surface area contributed by atoms with Gasteiger partial charge in [0.15, 0.2) is 0 Å². The van der Waals surface area contributed by atoms with Crippen LogP contribution in [0.1, 0.15) is 12.0 Å². The molecule has 1 atom stereocenters. The monoisotopic (exact) mass is 587 g/mol. The van der Waals surface area contributed by atoms with Crippen molar-refractivity contribution in [3.8, 4) is 44.9 Å². The molecule has 3 aliphatic rings. The summed E-state index contributed by atoms with van der Waals surface area (Å²) < 4.78 is 6.33. The fourth-order valence-electron chi connectivity index (χ4n) is 7.78. The van der Waals surface area contributed by atoms with Crippen LogP contribution < -0.4 is 9.64 Å². The number of ether oxygens (including phenoxy) is 1. The normalized spacial score (nSPS) is 15.7. The maximum absolute atomic E-state index is 6.33. The van der Waals surface area contributed by atoms with Crippen LogP contribution in [-0.2, 0) is 0 Å². The van der Waals surface area contributed by atoms with Gasteiger partial charge in [-0.2, -0.15) is 0 Å². The average molecular weight is 588 g/mol. The minimum absolute atomic E-state index is 0.336. The van der Waals surface area contributed by atoms with Gasteiger partial charge in [-0.25, -0.2) is 0 Å². The molecule has 2 nitrogen and oxygen atoms in total. The molecular formula is C44H29NO. The van der Waals surface area contributed by atoms with Gasteiger partial charge in [0.05, 0.1) is 6.04 Å². The van der Waals surface area contributed by atoms with E-state index in [2.05, 4.69) is 151 Å². The Labute approximate surface area is 268 Å². The van der Waals surface area contributed by atoms with Gasteiger partial charge >= 0.3 is 0 Å². The molecule has 10 rings (SSSR count). The van der Waals surface area contributed by atoms with E-state index >= 15 is 0 Å². The maximum atomic E-state index is 6.33. The van der Waals surface area contributed by atoms with Crippen molar-refractivity contribution in [2.75, 3.05) is 4.90 Å². The highest BCUT2D eigenvalue weighted by atomic mass is 16.5. The minimum atomic E-state index is 0.336. The van der Waals surface area contributed by atoms with E-state index in [1.807, 2.05) is 12.1 Å². The van der Waals surface area contributed by atoms with Crippen molar-refractivity contribution >= 4 is 38.5 Å². The van der Waals surface area contributed by atoms with Crippen LogP contribution >= 0.6 is 0 Å². The van der Waals surface area contributed by atoms with Crippen LogP contribution in [0.25, 0.3) is 60.5 Å². The predicted molar refractivity (Wildman–Crippen MR) is 192 cm³/mol. The van der Waals surface area contributed by atoms with Crippen LogP contribution in [0.2, 0.25) is 0 Å². The molecule has 1 unspecified atom stereocenters. The van der Waals surface area contributed by atoms with Crippen LogP contribution in [-0.4, -0.2) is 6.04 Å². The summed E-state index contributed by atoms with van der Waals surface area (Å²) in [5.74, 6) is 1.84. The van der Waals surface area contributed by atoms with Crippen molar-refractivity contribution in [1.29, 1.82) is 0 Å². The lowest BCUT2D eigenvalue weighted by molar-refractivity contribution is 0.487. The van der Waals surface area contributed by atoms with E-state index in [-0.39, 0.29) is 0 Å². The number of para-hydroxylation sites is 2. The quantitative estimate of drug-likeness (QED) is 0.204. The second-order valence-electron chi connectivity index (χ2n) is 12.5. The topological polar surface area (TPSA) is 12.5 Å². The van der Waals surface area contributed by atoms with Gasteiger partial charge in [0.25, 0.3) is 0 Å². The summed E-state index contributed by atoms with van der Waals surface area (Å²) >= 11 is 0. The Morgan fingerprint density at radius 3 is 2.26 bits per heavy atom. The van der Waals surface area contributed by atoms with Gasteiger partial charge in [-0.3, -0.25) is 0 Å².